The molecule has 5 heteroatoms. The zero-order valence-electron chi connectivity index (χ0n) is 12.4. The van der Waals surface area contributed by atoms with Crippen molar-refractivity contribution in [2.45, 2.75) is 13.8 Å². The first-order chi connectivity index (χ1) is 9.63. The molecule has 0 saturated heterocycles. The Hall–Kier alpha value is -1.88. The second-order valence-corrected chi connectivity index (χ2v) is 4.41. The molecule has 0 radical (unpaired) electrons. The fourth-order valence-electron chi connectivity index (χ4n) is 1.86. The molecule has 0 atom stereocenters. The van der Waals surface area contributed by atoms with E-state index in [9.17, 15) is 9.59 Å². The average Bonchev–Trinajstić information content (AvgIpc) is 2.48. The first-order valence-corrected chi connectivity index (χ1v) is 6.96. The molecule has 20 heavy (non-hydrogen) atoms. The lowest BCUT2D eigenvalue weighted by Crippen LogP contribution is -2.31. The molecule has 1 aromatic rings. The van der Waals surface area contributed by atoms with Gasteiger partial charge in [0.1, 0.15) is 0 Å². The molecule has 0 heterocycles. The molecule has 0 aliphatic carbocycles. The SMILES string of the molecule is CCN(CC)C(=O)c1ccc(C(=O)NCCNC)cc1. The monoisotopic (exact) mass is 277 g/mol. The van der Waals surface area contributed by atoms with E-state index in [1.54, 1.807) is 29.2 Å². The van der Waals surface area contributed by atoms with Crippen LogP contribution >= 0.6 is 0 Å². The van der Waals surface area contributed by atoms with Crippen LogP contribution in [0.5, 0.6) is 0 Å². The number of hydrogen-bond acceptors (Lipinski definition) is 3. The van der Waals surface area contributed by atoms with Gasteiger partial charge in [0.05, 0.1) is 0 Å². The van der Waals surface area contributed by atoms with E-state index in [0.717, 1.165) is 6.54 Å². The second kappa shape index (κ2) is 8.32. The third kappa shape index (κ3) is 4.35. The second-order valence-electron chi connectivity index (χ2n) is 4.41. The summed E-state index contributed by atoms with van der Waals surface area (Å²) in [4.78, 5) is 25.7. The summed E-state index contributed by atoms with van der Waals surface area (Å²) < 4.78 is 0. The van der Waals surface area contributed by atoms with Gasteiger partial charge in [0.15, 0.2) is 0 Å². The van der Waals surface area contributed by atoms with Crippen molar-refractivity contribution in [1.82, 2.24) is 15.5 Å². The third-order valence-electron chi connectivity index (χ3n) is 3.11. The minimum atomic E-state index is -0.123. The molecule has 110 valence electrons. The molecule has 2 amide bonds. The lowest BCUT2D eigenvalue weighted by molar-refractivity contribution is 0.0772. The van der Waals surface area contributed by atoms with E-state index < -0.39 is 0 Å². The minimum Gasteiger partial charge on any atom is -0.351 e. The number of nitrogens with zero attached hydrogens (tertiary/aromatic N) is 1. The topological polar surface area (TPSA) is 61.4 Å². The van der Waals surface area contributed by atoms with Crippen LogP contribution in [0.1, 0.15) is 34.6 Å². The third-order valence-corrected chi connectivity index (χ3v) is 3.11. The summed E-state index contributed by atoms with van der Waals surface area (Å²) in [5, 5.41) is 5.76. The van der Waals surface area contributed by atoms with Crippen molar-refractivity contribution in [3.05, 3.63) is 35.4 Å². The molecule has 1 rings (SSSR count). The van der Waals surface area contributed by atoms with Gasteiger partial charge < -0.3 is 15.5 Å². The highest BCUT2D eigenvalue weighted by atomic mass is 16.2. The van der Waals surface area contributed by atoms with Crippen LogP contribution in [0.2, 0.25) is 0 Å². The Kier molecular flexibility index (Phi) is 6.73. The van der Waals surface area contributed by atoms with Crippen molar-refractivity contribution >= 4 is 11.8 Å². The van der Waals surface area contributed by atoms with Crippen LogP contribution in [0.4, 0.5) is 0 Å². The van der Waals surface area contributed by atoms with Crippen LogP contribution in [0.25, 0.3) is 0 Å². The van der Waals surface area contributed by atoms with Crippen molar-refractivity contribution < 1.29 is 9.59 Å². The van der Waals surface area contributed by atoms with Crippen molar-refractivity contribution in [1.29, 1.82) is 0 Å². The van der Waals surface area contributed by atoms with Crippen molar-refractivity contribution in [3.63, 3.8) is 0 Å². The summed E-state index contributed by atoms with van der Waals surface area (Å²) in [7, 11) is 1.83. The minimum absolute atomic E-state index is 0.00265. The van der Waals surface area contributed by atoms with Gasteiger partial charge in [-0.25, -0.2) is 0 Å². The lowest BCUT2D eigenvalue weighted by Gasteiger charge is -2.18. The zero-order valence-corrected chi connectivity index (χ0v) is 12.4. The van der Waals surface area contributed by atoms with Crippen LogP contribution in [0, 0.1) is 0 Å². The van der Waals surface area contributed by atoms with E-state index in [1.807, 2.05) is 20.9 Å². The van der Waals surface area contributed by atoms with Crippen LogP contribution in [0.3, 0.4) is 0 Å². The maximum Gasteiger partial charge on any atom is 0.253 e. The summed E-state index contributed by atoms with van der Waals surface area (Å²) in [6, 6.07) is 6.78. The fourth-order valence-corrected chi connectivity index (χ4v) is 1.86. The van der Waals surface area contributed by atoms with Gasteiger partial charge in [-0.05, 0) is 45.2 Å². The highest BCUT2D eigenvalue weighted by molar-refractivity contribution is 5.97. The van der Waals surface area contributed by atoms with Crippen molar-refractivity contribution in [2.75, 3.05) is 33.2 Å². The standard InChI is InChI=1S/C15H23N3O2/c1-4-18(5-2)15(20)13-8-6-12(7-9-13)14(19)17-11-10-16-3/h6-9,16H,4-5,10-11H2,1-3H3,(H,17,19). The van der Waals surface area contributed by atoms with Crippen LogP contribution < -0.4 is 10.6 Å². The van der Waals surface area contributed by atoms with Crippen LogP contribution in [-0.4, -0.2) is 49.9 Å². The van der Waals surface area contributed by atoms with Gasteiger partial charge in [-0.15, -0.1) is 0 Å². The Morgan fingerprint density at radius 3 is 2.05 bits per heavy atom. The van der Waals surface area contributed by atoms with E-state index in [0.29, 0.717) is 30.8 Å². The molecule has 0 bridgehead atoms. The van der Waals surface area contributed by atoms with E-state index in [-0.39, 0.29) is 11.8 Å². The highest BCUT2D eigenvalue weighted by Gasteiger charge is 2.13. The molecule has 5 nitrogen and oxygen atoms in total. The van der Waals surface area contributed by atoms with E-state index in [1.165, 1.54) is 0 Å². The largest absolute Gasteiger partial charge is 0.351 e. The maximum absolute atomic E-state index is 12.1. The number of likely N-dealkylation sites (N-methyl/N-ethyl adjacent to an activating group) is 1. The first kappa shape index (κ1) is 16.2. The molecular formula is C15H23N3O2. The molecule has 0 aliphatic rings. The average molecular weight is 277 g/mol. The molecule has 0 saturated carbocycles. The Labute approximate surface area is 120 Å². The maximum atomic E-state index is 12.1. The number of rotatable bonds is 7. The predicted molar refractivity (Wildman–Crippen MR) is 80.0 cm³/mol. The number of carbonyl (C=O) groups is 2. The highest BCUT2D eigenvalue weighted by Crippen LogP contribution is 2.08. The van der Waals surface area contributed by atoms with Gasteiger partial charge in [-0.1, -0.05) is 0 Å². The van der Waals surface area contributed by atoms with Gasteiger partial charge in [-0.3, -0.25) is 9.59 Å². The summed E-state index contributed by atoms with van der Waals surface area (Å²) >= 11 is 0. The molecule has 0 spiro atoms. The van der Waals surface area contributed by atoms with E-state index in [4.69, 9.17) is 0 Å². The number of amides is 2. The molecular weight excluding hydrogens is 254 g/mol. The summed E-state index contributed by atoms with van der Waals surface area (Å²) in [5.74, 6) is -0.126. The van der Waals surface area contributed by atoms with E-state index in [2.05, 4.69) is 10.6 Å². The number of benzene rings is 1. The Morgan fingerprint density at radius 1 is 1.00 bits per heavy atom. The predicted octanol–water partition coefficient (Wildman–Crippen LogP) is 1.12. The Morgan fingerprint density at radius 2 is 1.55 bits per heavy atom. The van der Waals surface area contributed by atoms with Crippen molar-refractivity contribution in [3.8, 4) is 0 Å². The Bertz CT molecular complexity index is 439. The number of hydrogen-bond donors (Lipinski definition) is 2. The molecule has 0 unspecified atom stereocenters. The van der Waals surface area contributed by atoms with Crippen LogP contribution in [-0.2, 0) is 0 Å². The molecule has 0 aromatic heterocycles. The summed E-state index contributed by atoms with van der Waals surface area (Å²) in [5.41, 5.74) is 1.18. The smallest absolute Gasteiger partial charge is 0.253 e. The molecule has 2 N–H and O–H groups in total. The van der Waals surface area contributed by atoms with Crippen LogP contribution in [0.15, 0.2) is 24.3 Å². The van der Waals surface area contributed by atoms with Gasteiger partial charge in [-0.2, -0.15) is 0 Å². The first-order valence-electron chi connectivity index (χ1n) is 6.96. The van der Waals surface area contributed by atoms with Gasteiger partial charge in [0.2, 0.25) is 0 Å². The molecule has 0 fully saturated rings. The molecule has 0 aliphatic heterocycles. The Balaban J connectivity index is 2.68. The van der Waals surface area contributed by atoms with Gasteiger partial charge in [0, 0.05) is 37.3 Å². The number of nitrogens with one attached hydrogen (secondary N) is 2. The molecule has 1 aromatic carbocycles. The fraction of sp³-hybridized carbons (Fsp3) is 0.467. The quantitative estimate of drug-likeness (QED) is 0.734. The van der Waals surface area contributed by atoms with Gasteiger partial charge >= 0.3 is 0 Å². The van der Waals surface area contributed by atoms with Crippen molar-refractivity contribution in [2.24, 2.45) is 0 Å². The van der Waals surface area contributed by atoms with E-state index >= 15 is 0 Å². The normalized spacial score (nSPS) is 10.2. The summed E-state index contributed by atoms with van der Waals surface area (Å²) in [6.45, 7) is 6.57. The lowest BCUT2D eigenvalue weighted by atomic mass is 10.1. The summed E-state index contributed by atoms with van der Waals surface area (Å²) in [6.07, 6.45) is 0. The number of carbonyl (C=O) groups excluding carboxylic acids is 2. The zero-order chi connectivity index (χ0) is 15.0. The van der Waals surface area contributed by atoms with Gasteiger partial charge in [0.25, 0.3) is 11.8 Å².